The molecule has 17 heavy (non-hydrogen) atoms. The molecule has 1 aliphatic rings. The van der Waals surface area contributed by atoms with Crippen molar-refractivity contribution in [2.24, 2.45) is 0 Å². The van der Waals surface area contributed by atoms with Gasteiger partial charge in [0.05, 0.1) is 11.6 Å². The maximum atomic E-state index is 5.92. The van der Waals surface area contributed by atoms with Crippen LogP contribution in [0.1, 0.15) is 19.8 Å². The molecule has 0 saturated carbocycles. The average molecular weight is 252 g/mol. The summed E-state index contributed by atoms with van der Waals surface area (Å²) in [7, 11) is 0. The van der Waals surface area contributed by atoms with Crippen molar-refractivity contribution in [3.8, 4) is 5.75 Å². The first-order chi connectivity index (χ1) is 8.29. The number of likely N-dealkylation sites (tertiary alicyclic amines) is 1. The highest BCUT2D eigenvalue weighted by molar-refractivity contribution is 7.99. The Morgan fingerprint density at radius 1 is 1.47 bits per heavy atom. The van der Waals surface area contributed by atoms with Crippen molar-refractivity contribution in [3.63, 3.8) is 0 Å². The number of thioether (sulfide) groups is 1. The Kier molecular flexibility index (Phi) is 4.68. The van der Waals surface area contributed by atoms with Crippen molar-refractivity contribution in [1.82, 2.24) is 9.88 Å². The monoisotopic (exact) mass is 252 g/mol. The van der Waals surface area contributed by atoms with Gasteiger partial charge in [-0.1, -0.05) is 0 Å². The fourth-order valence-electron chi connectivity index (χ4n) is 2.12. The summed E-state index contributed by atoms with van der Waals surface area (Å²) in [6.45, 7) is 4.53. The van der Waals surface area contributed by atoms with Gasteiger partial charge in [-0.3, -0.25) is 9.88 Å². The number of pyridine rings is 1. The van der Waals surface area contributed by atoms with Crippen molar-refractivity contribution >= 4 is 11.8 Å². The van der Waals surface area contributed by atoms with Crippen molar-refractivity contribution in [1.29, 1.82) is 0 Å². The third-order valence-electron chi connectivity index (χ3n) is 3.27. The molecule has 1 saturated heterocycles. The molecule has 0 N–H and O–H groups in total. The Morgan fingerprint density at radius 2 is 2.24 bits per heavy atom. The van der Waals surface area contributed by atoms with Crippen LogP contribution in [0.4, 0.5) is 0 Å². The van der Waals surface area contributed by atoms with E-state index in [-0.39, 0.29) is 0 Å². The SMILES string of the molecule is CSC(C)N1CCC(Oc2cccnc2)CC1. The van der Waals surface area contributed by atoms with Gasteiger partial charge < -0.3 is 4.74 Å². The Balaban J connectivity index is 1.80. The minimum atomic E-state index is 0.351. The summed E-state index contributed by atoms with van der Waals surface area (Å²) in [5.74, 6) is 0.892. The molecule has 0 amide bonds. The molecular formula is C13H20N2OS. The molecule has 94 valence electrons. The van der Waals surface area contributed by atoms with Gasteiger partial charge in [-0.05, 0) is 38.2 Å². The smallest absolute Gasteiger partial charge is 0.137 e. The van der Waals surface area contributed by atoms with E-state index in [1.165, 1.54) is 0 Å². The molecule has 1 aromatic heterocycles. The van der Waals surface area contributed by atoms with E-state index in [1.54, 1.807) is 12.4 Å². The van der Waals surface area contributed by atoms with Crippen molar-refractivity contribution < 1.29 is 4.74 Å². The summed E-state index contributed by atoms with van der Waals surface area (Å²) in [5, 5.41) is 0.620. The fourth-order valence-corrected chi connectivity index (χ4v) is 2.62. The summed E-state index contributed by atoms with van der Waals surface area (Å²) in [6.07, 6.45) is 8.30. The van der Waals surface area contributed by atoms with Crippen molar-refractivity contribution in [2.75, 3.05) is 19.3 Å². The van der Waals surface area contributed by atoms with E-state index in [2.05, 4.69) is 23.1 Å². The molecule has 1 atom stereocenters. The molecule has 3 nitrogen and oxygen atoms in total. The van der Waals surface area contributed by atoms with Gasteiger partial charge in [-0.15, -0.1) is 11.8 Å². The molecular weight excluding hydrogens is 232 g/mol. The van der Waals surface area contributed by atoms with Gasteiger partial charge in [0.25, 0.3) is 0 Å². The molecule has 1 unspecified atom stereocenters. The molecule has 1 aliphatic heterocycles. The topological polar surface area (TPSA) is 25.4 Å². The number of ether oxygens (including phenoxy) is 1. The second kappa shape index (κ2) is 6.26. The Morgan fingerprint density at radius 3 is 2.82 bits per heavy atom. The zero-order chi connectivity index (χ0) is 12.1. The van der Waals surface area contributed by atoms with Crippen LogP contribution in [0.3, 0.4) is 0 Å². The van der Waals surface area contributed by atoms with E-state index in [0.717, 1.165) is 31.7 Å². The lowest BCUT2D eigenvalue weighted by Crippen LogP contribution is -2.41. The third kappa shape index (κ3) is 3.61. The van der Waals surface area contributed by atoms with Crippen molar-refractivity contribution in [2.45, 2.75) is 31.2 Å². The van der Waals surface area contributed by atoms with E-state index >= 15 is 0 Å². The van der Waals surface area contributed by atoms with Gasteiger partial charge in [-0.2, -0.15) is 0 Å². The maximum Gasteiger partial charge on any atom is 0.137 e. The molecule has 1 fully saturated rings. The first kappa shape index (κ1) is 12.7. The zero-order valence-corrected chi connectivity index (χ0v) is 11.3. The summed E-state index contributed by atoms with van der Waals surface area (Å²) >= 11 is 1.91. The van der Waals surface area contributed by atoms with Crippen LogP contribution in [0.2, 0.25) is 0 Å². The van der Waals surface area contributed by atoms with E-state index in [9.17, 15) is 0 Å². The van der Waals surface area contributed by atoms with Gasteiger partial charge in [0, 0.05) is 19.3 Å². The van der Waals surface area contributed by atoms with Crippen LogP contribution in [0.25, 0.3) is 0 Å². The molecule has 0 spiro atoms. The molecule has 0 aromatic carbocycles. The largest absolute Gasteiger partial charge is 0.489 e. The van der Waals surface area contributed by atoms with E-state index in [4.69, 9.17) is 4.74 Å². The van der Waals surface area contributed by atoms with Crippen LogP contribution in [0, 0.1) is 0 Å². The van der Waals surface area contributed by atoms with Crippen LogP contribution in [-0.4, -0.2) is 40.7 Å². The highest BCUT2D eigenvalue weighted by atomic mass is 32.2. The third-order valence-corrected chi connectivity index (χ3v) is 4.25. The lowest BCUT2D eigenvalue weighted by atomic mass is 10.1. The first-order valence-electron chi connectivity index (χ1n) is 6.13. The van der Waals surface area contributed by atoms with Crippen LogP contribution in [0.5, 0.6) is 5.75 Å². The van der Waals surface area contributed by atoms with Gasteiger partial charge in [-0.25, -0.2) is 0 Å². The summed E-state index contributed by atoms with van der Waals surface area (Å²) in [4.78, 5) is 6.59. The number of piperidine rings is 1. The molecule has 2 heterocycles. The Labute approximate surface area is 108 Å². The summed E-state index contributed by atoms with van der Waals surface area (Å²) in [5.41, 5.74) is 0. The highest BCUT2D eigenvalue weighted by Gasteiger charge is 2.23. The van der Waals surface area contributed by atoms with Gasteiger partial charge in [0.1, 0.15) is 11.9 Å². The average Bonchev–Trinajstić information content (AvgIpc) is 2.40. The second-order valence-corrected chi connectivity index (χ2v) is 5.53. The second-order valence-electron chi connectivity index (χ2n) is 4.38. The lowest BCUT2D eigenvalue weighted by Gasteiger charge is -2.35. The number of hydrogen-bond acceptors (Lipinski definition) is 4. The zero-order valence-electron chi connectivity index (χ0n) is 10.5. The summed E-state index contributed by atoms with van der Waals surface area (Å²) in [6, 6.07) is 3.89. The standard InChI is InChI=1S/C13H20N2OS/c1-11(17-2)15-8-5-12(6-9-15)16-13-4-3-7-14-10-13/h3-4,7,10-12H,5-6,8-9H2,1-2H3. The quantitative estimate of drug-likeness (QED) is 0.822. The molecule has 2 rings (SSSR count). The molecule has 1 aromatic rings. The van der Waals surface area contributed by atoms with E-state index in [1.807, 2.05) is 23.9 Å². The van der Waals surface area contributed by atoms with Gasteiger partial charge in [0.15, 0.2) is 0 Å². The Bertz CT molecular complexity index is 325. The summed E-state index contributed by atoms with van der Waals surface area (Å²) < 4.78 is 5.92. The number of rotatable bonds is 4. The molecule has 4 heteroatoms. The predicted octanol–water partition coefficient (Wildman–Crippen LogP) is 2.63. The Hall–Kier alpha value is -0.740. The van der Waals surface area contributed by atoms with Crippen molar-refractivity contribution in [3.05, 3.63) is 24.5 Å². The molecule has 0 bridgehead atoms. The van der Waals surface area contributed by atoms with Crippen LogP contribution in [-0.2, 0) is 0 Å². The number of aromatic nitrogens is 1. The number of hydrogen-bond donors (Lipinski definition) is 0. The molecule has 0 radical (unpaired) electrons. The minimum Gasteiger partial charge on any atom is -0.489 e. The maximum absolute atomic E-state index is 5.92. The van der Waals surface area contributed by atoms with E-state index in [0.29, 0.717) is 11.5 Å². The van der Waals surface area contributed by atoms with Gasteiger partial charge >= 0.3 is 0 Å². The number of nitrogens with zero attached hydrogens (tertiary/aromatic N) is 2. The van der Waals surface area contributed by atoms with Gasteiger partial charge in [0.2, 0.25) is 0 Å². The first-order valence-corrected chi connectivity index (χ1v) is 7.42. The van der Waals surface area contributed by atoms with E-state index < -0.39 is 0 Å². The van der Waals surface area contributed by atoms with Crippen LogP contribution >= 0.6 is 11.8 Å². The van der Waals surface area contributed by atoms with Crippen LogP contribution in [0.15, 0.2) is 24.5 Å². The highest BCUT2D eigenvalue weighted by Crippen LogP contribution is 2.21. The van der Waals surface area contributed by atoms with Crippen LogP contribution < -0.4 is 4.74 Å². The minimum absolute atomic E-state index is 0.351. The lowest BCUT2D eigenvalue weighted by molar-refractivity contribution is 0.0975. The normalized spacial score (nSPS) is 20.1. The fraction of sp³-hybridized carbons (Fsp3) is 0.615. The molecule has 0 aliphatic carbocycles. The predicted molar refractivity (Wildman–Crippen MR) is 72.4 cm³/mol.